The number of phenolic OH excluding ortho intramolecular Hbond substituents is 1. The number of benzene rings is 3. The van der Waals surface area contributed by atoms with Gasteiger partial charge < -0.3 is 9.84 Å². The van der Waals surface area contributed by atoms with E-state index in [1.807, 2.05) is 54.6 Å². The fourth-order valence-electron chi connectivity index (χ4n) is 2.42. The molecule has 130 valence electrons. The highest BCUT2D eigenvalue weighted by Crippen LogP contribution is 2.25. The molecule has 3 nitrogen and oxygen atoms in total. The Morgan fingerprint density at radius 2 is 1.73 bits per heavy atom. The molecule has 0 bridgehead atoms. The summed E-state index contributed by atoms with van der Waals surface area (Å²) in [4.78, 5) is 12.3. The molecule has 0 atom stereocenters. The fourth-order valence-corrected chi connectivity index (χ4v) is 2.83. The number of ether oxygens (including phenoxy) is 1. The normalized spacial score (nSPS) is 10.8. The van der Waals surface area contributed by atoms with Gasteiger partial charge in [0.2, 0.25) is 0 Å². The molecule has 0 unspecified atom stereocenters. The molecule has 0 spiro atoms. The number of carbonyl (C=O) groups excluding carboxylic acids is 1. The molecule has 0 radical (unpaired) electrons. The van der Waals surface area contributed by atoms with E-state index in [0.29, 0.717) is 12.4 Å². The molecule has 0 aliphatic heterocycles. The second-order valence-corrected chi connectivity index (χ2v) is 6.53. The van der Waals surface area contributed by atoms with E-state index < -0.39 is 0 Å². The highest BCUT2D eigenvalue weighted by atomic mass is 79.9. The zero-order valence-electron chi connectivity index (χ0n) is 13.9. The SMILES string of the molecule is O=C(/C=C/c1ccccc1Br)c1ccc(OCc2ccccc2)cc1O. The van der Waals surface area contributed by atoms with Crippen LogP contribution in [-0.2, 0) is 6.61 Å². The van der Waals surface area contributed by atoms with Gasteiger partial charge in [0.25, 0.3) is 0 Å². The van der Waals surface area contributed by atoms with E-state index in [-0.39, 0.29) is 17.1 Å². The monoisotopic (exact) mass is 408 g/mol. The summed E-state index contributed by atoms with van der Waals surface area (Å²) in [6.07, 6.45) is 3.16. The van der Waals surface area contributed by atoms with Crippen LogP contribution >= 0.6 is 15.9 Å². The third-order valence-corrected chi connectivity index (χ3v) is 4.52. The number of aromatic hydroxyl groups is 1. The molecule has 1 N–H and O–H groups in total. The van der Waals surface area contributed by atoms with Crippen LogP contribution in [-0.4, -0.2) is 10.9 Å². The number of allylic oxidation sites excluding steroid dienone is 1. The Labute approximate surface area is 160 Å². The third-order valence-electron chi connectivity index (χ3n) is 3.80. The summed E-state index contributed by atoms with van der Waals surface area (Å²) >= 11 is 3.43. The molecule has 0 aliphatic carbocycles. The van der Waals surface area contributed by atoms with Gasteiger partial charge in [-0.15, -0.1) is 0 Å². The molecule has 3 aromatic carbocycles. The lowest BCUT2D eigenvalue weighted by Crippen LogP contribution is -1.98. The van der Waals surface area contributed by atoms with Crippen LogP contribution in [0.4, 0.5) is 0 Å². The Kier molecular flexibility index (Phi) is 5.87. The third kappa shape index (κ3) is 4.61. The van der Waals surface area contributed by atoms with Crippen LogP contribution in [0, 0.1) is 0 Å². The summed E-state index contributed by atoms with van der Waals surface area (Å²) in [5.74, 6) is 0.142. The predicted molar refractivity (Wildman–Crippen MR) is 106 cm³/mol. The van der Waals surface area contributed by atoms with E-state index in [9.17, 15) is 9.90 Å². The van der Waals surface area contributed by atoms with Crippen molar-refractivity contribution in [2.75, 3.05) is 0 Å². The first kappa shape index (κ1) is 18.0. The molecule has 0 heterocycles. The lowest BCUT2D eigenvalue weighted by atomic mass is 10.1. The molecule has 3 rings (SSSR count). The van der Waals surface area contributed by atoms with Gasteiger partial charge in [-0.05, 0) is 41.5 Å². The van der Waals surface area contributed by atoms with E-state index in [4.69, 9.17) is 4.74 Å². The highest BCUT2D eigenvalue weighted by molar-refractivity contribution is 9.10. The van der Waals surface area contributed by atoms with Crippen LogP contribution in [0.2, 0.25) is 0 Å². The quantitative estimate of drug-likeness (QED) is 0.424. The topological polar surface area (TPSA) is 46.5 Å². The molecular weight excluding hydrogens is 392 g/mol. The molecule has 0 saturated heterocycles. The Balaban J connectivity index is 1.69. The van der Waals surface area contributed by atoms with Crippen molar-refractivity contribution < 1.29 is 14.6 Å². The van der Waals surface area contributed by atoms with Gasteiger partial charge in [0.15, 0.2) is 5.78 Å². The summed E-state index contributed by atoms with van der Waals surface area (Å²) in [5.41, 5.74) is 2.16. The first-order valence-electron chi connectivity index (χ1n) is 8.10. The van der Waals surface area contributed by atoms with E-state index in [1.165, 1.54) is 12.1 Å². The molecule has 0 aromatic heterocycles. The lowest BCUT2D eigenvalue weighted by molar-refractivity contribution is 0.104. The maximum atomic E-state index is 12.3. The smallest absolute Gasteiger partial charge is 0.189 e. The number of rotatable bonds is 6. The second kappa shape index (κ2) is 8.50. The van der Waals surface area contributed by atoms with Crippen molar-refractivity contribution in [3.63, 3.8) is 0 Å². The van der Waals surface area contributed by atoms with Crippen LogP contribution in [0.3, 0.4) is 0 Å². The molecule has 0 amide bonds. The van der Waals surface area contributed by atoms with Gasteiger partial charge in [-0.25, -0.2) is 0 Å². The molecular formula is C22H17BrO3. The minimum atomic E-state index is -0.270. The molecule has 0 aliphatic rings. The molecule has 0 fully saturated rings. The predicted octanol–water partition coefficient (Wildman–Crippen LogP) is 5.63. The van der Waals surface area contributed by atoms with Crippen LogP contribution in [0.5, 0.6) is 11.5 Å². The van der Waals surface area contributed by atoms with Crippen molar-refractivity contribution in [3.8, 4) is 11.5 Å². The largest absolute Gasteiger partial charge is 0.507 e. The van der Waals surface area contributed by atoms with Gasteiger partial charge in [-0.3, -0.25) is 4.79 Å². The van der Waals surface area contributed by atoms with E-state index in [0.717, 1.165) is 15.6 Å². The molecule has 4 heteroatoms. The number of hydrogen-bond donors (Lipinski definition) is 1. The fraction of sp³-hybridized carbons (Fsp3) is 0.0455. The molecule has 3 aromatic rings. The average Bonchev–Trinajstić information content (AvgIpc) is 2.66. The minimum Gasteiger partial charge on any atom is -0.507 e. The van der Waals surface area contributed by atoms with Crippen LogP contribution in [0.1, 0.15) is 21.5 Å². The van der Waals surface area contributed by atoms with Gasteiger partial charge in [-0.2, -0.15) is 0 Å². The van der Waals surface area contributed by atoms with E-state index in [1.54, 1.807) is 18.2 Å². The number of hydrogen-bond acceptors (Lipinski definition) is 3. The van der Waals surface area contributed by atoms with Crippen molar-refractivity contribution in [2.45, 2.75) is 6.61 Å². The summed E-state index contributed by atoms with van der Waals surface area (Å²) in [5, 5.41) is 10.2. The Morgan fingerprint density at radius 3 is 2.46 bits per heavy atom. The number of carbonyl (C=O) groups is 1. The maximum Gasteiger partial charge on any atom is 0.189 e. The van der Waals surface area contributed by atoms with Crippen molar-refractivity contribution in [2.24, 2.45) is 0 Å². The number of ketones is 1. The Hall–Kier alpha value is -2.85. The second-order valence-electron chi connectivity index (χ2n) is 5.67. The summed E-state index contributed by atoms with van der Waals surface area (Å²) < 4.78 is 6.56. The van der Waals surface area contributed by atoms with E-state index in [2.05, 4.69) is 15.9 Å². The first-order chi connectivity index (χ1) is 12.6. The summed E-state index contributed by atoms with van der Waals surface area (Å²) in [6.45, 7) is 0.398. The van der Waals surface area contributed by atoms with Gasteiger partial charge in [-0.1, -0.05) is 64.5 Å². The highest BCUT2D eigenvalue weighted by Gasteiger charge is 2.10. The van der Waals surface area contributed by atoms with Gasteiger partial charge in [0.05, 0.1) is 5.56 Å². The van der Waals surface area contributed by atoms with Crippen molar-refractivity contribution in [3.05, 3.63) is 100 Å². The minimum absolute atomic E-state index is 0.0997. The summed E-state index contributed by atoms with van der Waals surface area (Å²) in [6, 6.07) is 22.1. The average molecular weight is 409 g/mol. The summed E-state index contributed by atoms with van der Waals surface area (Å²) in [7, 11) is 0. The van der Waals surface area contributed by atoms with Gasteiger partial charge >= 0.3 is 0 Å². The van der Waals surface area contributed by atoms with Crippen molar-refractivity contribution in [1.82, 2.24) is 0 Å². The Bertz CT molecular complexity index is 933. The van der Waals surface area contributed by atoms with Crippen LogP contribution in [0.25, 0.3) is 6.08 Å². The van der Waals surface area contributed by atoms with Crippen molar-refractivity contribution in [1.29, 1.82) is 0 Å². The van der Waals surface area contributed by atoms with Crippen molar-refractivity contribution >= 4 is 27.8 Å². The van der Waals surface area contributed by atoms with Gasteiger partial charge in [0.1, 0.15) is 18.1 Å². The standard InChI is InChI=1S/C22H17BrO3/c23-20-9-5-4-8-17(20)10-13-21(24)19-12-11-18(14-22(19)25)26-15-16-6-2-1-3-7-16/h1-14,25H,15H2/b13-10+. The lowest BCUT2D eigenvalue weighted by Gasteiger charge is -2.08. The molecule has 26 heavy (non-hydrogen) atoms. The first-order valence-corrected chi connectivity index (χ1v) is 8.89. The van der Waals surface area contributed by atoms with Crippen LogP contribution < -0.4 is 4.74 Å². The maximum absolute atomic E-state index is 12.3. The Morgan fingerprint density at radius 1 is 1.00 bits per heavy atom. The molecule has 0 saturated carbocycles. The van der Waals surface area contributed by atoms with Crippen LogP contribution in [0.15, 0.2) is 83.3 Å². The van der Waals surface area contributed by atoms with Gasteiger partial charge in [0, 0.05) is 10.5 Å². The zero-order chi connectivity index (χ0) is 18.4. The zero-order valence-corrected chi connectivity index (χ0v) is 15.5. The van der Waals surface area contributed by atoms with E-state index >= 15 is 0 Å². The number of phenols is 1. The number of halogens is 1.